The number of anilines is 1. The van der Waals surface area contributed by atoms with Crippen LogP contribution in [0.25, 0.3) is 6.08 Å². The van der Waals surface area contributed by atoms with E-state index in [-0.39, 0.29) is 16.2 Å². The molecular formula is C23H16BrIN2O4S. The van der Waals surface area contributed by atoms with Crippen LogP contribution in [0.15, 0.2) is 81.7 Å². The molecule has 6 nitrogen and oxygen atoms in total. The van der Waals surface area contributed by atoms with Gasteiger partial charge in [-0.15, -0.1) is 0 Å². The molecule has 0 bridgehead atoms. The molecular weight excluding hydrogens is 607 g/mol. The molecule has 0 spiro atoms. The average Bonchev–Trinajstić information content (AvgIpc) is 2.75. The Labute approximate surface area is 208 Å². The zero-order chi connectivity index (χ0) is 23.3. The van der Waals surface area contributed by atoms with Crippen molar-refractivity contribution in [2.75, 3.05) is 5.32 Å². The number of hydrogen-bond donors (Lipinski definition) is 1. The quantitative estimate of drug-likeness (QED) is 0.165. The van der Waals surface area contributed by atoms with Gasteiger partial charge in [0.2, 0.25) is 0 Å². The summed E-state index contributed by atoms with van der Waals surface area (Å²) < 4.78 is 31.5. The Morgan fingerprint density at radius 2 is 1.81 bits per heavy atom. The van der Waals surface area contributed by atoms with Crippen molar-refractivity contribution >= 4 is 66.3 Å². The smallest absolute Gasteiger partial charge is 0.339 e. The van der Waals surface area contributed by atoms with Crippen molar-refractivity contribution in [1.29, 1.82) is 5.26 Å². The lowest BCUT2D eigenvalue weighted by Gasteiger charge is -2.10. The Bertz CT molecular complexity index is 1350. The number of carbonyl (C=O) groups excluding carboxylic acids is 1. The van der Waals surface area contributed by atoms with Crippen molar-refractivity contribution in [2.24, 2.45) is 0 Å². The fourth-order valence-electron chi connectivity index (χ4n) is 2.61. The monoisotopic (exact) mass is 622 g/mol. The van der Waals surface area contributed by atoms with Crippen LogP contribution in [-0.4, -0.2) is 14.3 Å². The minimum Gasteiger partial charge on any atom is -0.378 e. The minimum absolute atomic E-state index is 0.0398. The molecule has 0 radical (unpaired) electrons. The molecule has 1 amide bonds. The van der Waals surface area contributed by atoms with Crippen LogP contribution in [0.2, 0.25) is 0 Å². The summed E-state index contributed by atoms with van der Waals surface area (Å²) >= 11 is 5.38. The highest BCUT2D eigenvalue weighted by Gasteiger charge is 2.18. The van der Waals surface area contributed by atoms with Gasteiger partial charge in [-0.2, -0.15) is 13.7 Å². The van der Waals surface area contributed by atoms with Gasteiger partial charge in [0, 0.05) is 3.57 Å². The van der Waals surface area contributed by atoms with Gasteiger partial charge in [-0.25, -0.2) is 0 Å². The number of amides is 1. The molecule has 3 rings (SSSR count). The number of aryl methyl sites for hydroxylation is 1. The largest absolute Gasteiger partial charge is 0.378 e. The number of hydrogen-bond acceptors (Lipinski definition) is 5. The molecule has 0 aliphatic heterocycles. The van der Waals surface area contributed by atoms with Crippen LogP contribution in [0.5, 0.6) is 5.75 Å². The molecule has 0 unspecified atom stereocenters. The highest BCUT2D eigenvalue weighted by molar-refractivity contribution is 14.1. The number of para-hydroxylation sites is 1. The molecule has 0 aliphatic carbocycles. The second-order valence-electron chi connectivity index (χ2n) is 6.64. The molecule has 0 aromatic heterocycles. The van der Waals surface area contributed by atoms with E-state index < -0.39 is 16.0 Å². The number of nitriles is 1. The lowest BCUT2D eigenvalue weighted by molar-refractivity contribution is -0.112. The zero-order valence-corrected chi connectivity index (χ0v) is 21.2. The third-order valence-electron chi connectivity index (χ3n) is 4.26. The van der Waals surface area contributed by atoms with Gasteiger partial charge in [-0.1, -0.05) is 35.9 Å². The molecule has 0 atom stereocenters. The number of carbonyl (C=O) groups is 1. The average molecular weight is 623 g/mol. The van der Waals surface area contributed by atoms with Gasteiger partial charge in [0.1, 0.15) is 16.5 Å². The second-order valence-corrected chi connectivity index (χ2v) is 10.2. The molecule has 162 valence electrons. The molecule has 0 saturated carbocycles. The fraction of sp³-hybridized carbons (Fsp3) is 0.0435. The van der Waals surface area contributed by atoms with E-state index in [2.05, 4.69) is 43.8 Å². The normalized spacial score (nSPS) is 11.5. The van der Waals surface area contributed by atoms with E-state index in [0.717, 1.165) is 9.13 Å². The number of halogens is 2. The lowest BCUT2D eigenvalue weighted by Crippen LogP contribution is -2.14. The molecule has 0 fully saturated rings. The number of nitrogens with one attached hydrogen (secondary N) is 1. The number of benzene rings is 3. The van der Waals surface area contributed by atoms with Crippen LogP contribution in [0.1, 0.15) is 11.1 Å². The van der Waals surface area contributed by atoms with Crippen molar-refractivity contribution < 1.29 is 17.4 Å². The Hall–Kier alpha value is -2.68. The lowest BCUT2D eigenvalue weighted by atomic mass is 10.1. The van der Waals surface area contributed by atoms with Gasteiger partial charge in [-0.3, -0.25) is 4.79 Å². The molecule has 3 aromatic rings. The van der Waals surface area contributed by atoms with Crippen molar-refractivity contribution in [3.05, 3.63) is 91.5 Å². The topological polar surface area (TPSA) is 96.3 Å². The van der Waals surface area contributed by atoms with Gasteiger partial charge in [0.05, 0.1) is 10.2 Å². The van der Waals surface area contributed by atoms with E-state index in [4.69, 9.17) is 4.18 Å². The van der Waals surface area contributed by atoms with E-state index in [9.17, 15) is 18.5 Å². The van der Waals surface area contributed by atoms with Crippen LogP contribution in [0.4, 0.5) is 5.69 Å². The van der Waals surface area contributed by atoms with Gasteiger partial charge < -0.3 is 9.50 Å². The highest BCUT2D eigenvalue weighted by Crippen LogP contribution is 2.30. The molecule has 3 aromatic carbocycles. The maximum absolute atomic E-state index is 12.5. The Morgan fingerprint density at radius 1 is 1.12 bits per heavy atom. The summed E-state index contributed by atoms with van der Waals surface area (Å²) in [5.74, 6) is -0.459. The van der Waals surface area contributed by atoms with Crippen LogP contribution in [0, 0.1) is 21.8 Å². The summed E-state index contributed by atoms with van der Waals surface area (Å²) in [6.45, 7) is 1.86. The first-order valence-corrected chi connectivity index (χ1v) is 12.5. The Balaban J connectivity index is 1.81. The first-order valence-electron chi connectivity index (χ1n) is 9.18. The summed E-state index contributed by atoms with van der Waals surface area (Å²) in [4.78, 5) is 12.5. The van der Waals surface area contributed by atoms with Crippen molar-refractivity contribution in [2.45, 2.75) is 11.8 Å². The third kappa shape index (κ3) is 5.97. The number of rotatable bonds is 6. The zero-order valence-electron chi connectivity index (χ0n) is 16.7. The predicted octanol–water partition coefficient (Wildman–Crippen LogP) is 5.68. The highest BCUT2D eigenvalue weighted by atomic mass is 127. The summed E-state index contributed by atoms with van der Waals surface area (Å²) in [6, 6.07) is 20.0. The molecule has 1 N–H and O–H groups in total. The Kier molecular flexibility index (Phi) is 7.71. The maximum atomic E-state index is 12.5. The first kappa shape index (κ1) is 24.0. The molecule has 0 saturated heterocycles. The molecule has 32 heavy (non-hydrogen) atoms. The van der Waals surface area contributed by atoms with Crippen molar-refractivity contribution in [3.8, 4) is 11.8 Å². The standard InChI is InChI=1S/C23H16BrIN2O4S/c1-15-6-9-18(10-7-15)32(29,30)31-22-11-8-16(13-19(22)24)12-17(14-26)23(28)27-21-5-3-2-4-20(21)25/h2-13H,1H3,(H,27,28)/b17-12-. The molecule has 0 heterocycles. The third-order valence-corrected chi connectivity index (χ3v) is 7.07. The minimum atomic E-state index is -4.01. The number of nitrogens with zero attached hydrogens (tertiary/aromatic N) is 1. The maximum Gasteiger partial charge on any atom is 0.339 e. The van der Waals surface area contributed by atoms with E-state index in [1.54, 1.807) is 36.4 Å². The van der Waals surface area contributed by atoms with E-state index in [1.165, 1.54) is 24.3 Å². The summed E-state index contributed by atoms with van der Waals surface area (Å²) in [5, 5.41) is 12.1. The van der Waals surface area contributed by atoms with Gasteiger partial charge in [0.15, 0.2) is 5.75 Å². The van der Waals surface area contributed by atoms with Gasteiger partial charge in [0.25, 0.3) is 5.91 Å². The summed E-state index contributed by atoms with van der Waals surface area (Å²) in [5.41, 5.74) is 1.95. The van der Waals surface area contributed by atoms with E-state index >= 15 is 0 Å². The van der Waals surface area contributed by atoms with E-state index in [1.807, 2.05) is 25.1 Å². The first-order chi connectivity index (χ1) is 15.2. The predicted molar refractivity (Wildman–Crippen MR) is 135 cm³/mol. The van der Waals surface area contributed by atoms with Gasteiger partial charge in [-0.05, 0) is 93.5 Å². The SMILES string of the molecule is Cc1ccc(S(=O)(=O)Oc2ccc(/C=C(/C#N)C(=O)Nc3ccccc3I)cc2Br)cc1. The second kappa shape index (κ2) is 10.3. The van der Waals surface area contributed by atoms with E-state index in [0.29, 0.717) is 15.7 Å². The Morgan fingerprint density at radius 3 is 2.44 bits per heavy atom. The van der Waals surface area contributed by atoms with Crippen molar-refractivity contribution in [3.63, 3.8) is 0 Å². The molecule has 9 heteroatoms. The molecule has 0 aliphatic rings. The summed E-state index contributed by atoms with van der Waals surface area (Å²) in [7, 11) is -4.01. The van der Waals surface area contributed by atoms with Crippen molar-refractivity contribution in [1.82, 2.24) is 0 Å². The van der Waals surface area contributed by atoms with Crippen LogP contribution >= 0.6 is 38.5 Å². The fourth-order valence-corrected chi connectivity index (χ4v) is 4.67. The summed E-state index contributed by atoms with van der Waals surface area (Å²) in [6.07, 6.45) is 1.41. The van der Waals surface area contributed by atoms with Crippen LogP contribution < -0.4 is 9.50 Å². The van der Waals surface area contributed by atoms with Crippen LogP contribution in [0.3, 0.4) is 0 Å². The van der Waals surface area contributed by atoms with Crippen LogP contribution in [-0.2, 0) is 14.9 Å². The van der Waals surface area contributed by atoms with Gasteiger partial charge >= 0.3 is 10.1 Å².